The van der Waals surface area contributed by atoms with Crippen molar-refractivity contribution in [1.29, 1.82) is 0 Å². The van der Waals surface area contributed by atoms with Gasteiger partial charge < -0.3 is 9.47 Å². The minimum Gasteiger partial charge on any atom is -0.490 e. The Kier molecular flexibility index (Phi) is 5.82. The lowest BCUT2D eigenvalue weighted by Gasteiger charge is -2.29. The molecule has 1 fully saturated rings. The maximum absolute atomic E-state index is 5.95. The molecule has 1 saturated carbocycles. The fraction of sp³-hybridized carbons (Fsp3) is 0.600. The van der Waals surface area contributed by atoms with E-state index in [2.05, 4.69) is 0 Å². The Balaban J connectivity index is 1.67. The molecule has 0 amide bonds. The highest BCUT2D eigenvalue weighted by molar-refractivity contribution is 6.17. The zero-order chi connectivity index (χ0) is 12.6. The Morgan fingerprint density at radius 3 is 2.33 bits per heavy atom. The smallest absolute Gasteiger partial charge is 0.119 e. The van der Waals surface area contributed by atoms with Crippen molar-refractivity contribution < 1.29 is 9.47 Å². The number of halogens is 1. The van der Waals surface area contributed by atoms with Crippen LogP contribution in [-0.4, -0.2) is 24.7 Å². The van der Waals surface area contributed by atoms with Crippen molar-refractivity contribution >= 4 is 11.6 Å². The van der Waals surface area contributed by atoms with Crippen molar-refractivity contribution in [2.75, 3.05) is 12.5 Å². The van der Waals surface area contributed by atoms with Crippen molar-refractivity contribution in [2.45, 2.75) is 44.3 Å². The minimum atomic E-state index is 0.347. The van der Waals surface area contributed by atoms with Crippen LogP contribution in [0.2, 0.25) is 0 Å². The summed E-state index contributed by atoms with van der Waals surface area (Å²) in [6, 6.07) is 10.1. The number of hydrogen-bond donors (Lipinski definition) is 0. The van der Waals surface area contributed by atoms with Crippen molar-refractivity contribution in [1.82, 2.24) is 0 Å². The first-order valence-electron chi connectivity index (χ1n) is 6.78. The molecule has 1 aromatic rings. The number of hydrogen-bond acceptors (Lipinski definition) is 2. The van der Waals surface area contributed by atoms with Crippen molar-refractivity contribution in [3.63, 3.8) is 0 Å². The number of alkyl halides is 1. The summed E-state index contributed by atoms with van der Waals surface area (Å²) in [4.78, 5) is 0. The van der Waals surface area contributed by atoms with Gasteiger partial charge in [-0.3, -0.25) is 0 Å². The van der Waals surface area contributed by atoms with Gasteiger partial charge in [-0.05, 0) is 44.2 Å². The predicted molar refractivity (Wildman–Crippen MR) is 74.4 cm³/mol. The van der Waals surface area contributed by atoms with E-state index >= 15 is 0 Å². The van der Waals surface area contributed by atoms with Gasteiger partial charge in [0.25, 0.3) is 0 Å². The average molecular weight is 269 g/mol. The normalized spacial score (nSPS) is 23.8. The molecule has 18 heavy (non-hydrogen) atoms. The molecular weight excluding hydrogens is 248 g/mol. The van der Waals surface area contributed by atoms with E-state index in [1.165, 1.54) is 0 Å². The summed E-state index contributed by atoms with van der Waals surface area (Å²) in [6.45, 7) is 0.790. The van der Waals surface area contributed by atoms with Crippen LogP contribution in [0.4, 0.5) is 0 Å². The average Bonchev–Trinajstić information content (AvgIpc) is 2.42. The zero-order valence-electron chi connectivity index (χ0n) is 10.7. The molecule has 0 unspecified atom stereocenters. The van der Waals surface area contributed by atoms with Crippen LogP contribution in [0.3, 0.4) is 0 Å². The Morgan fingerprint density at radius 1 is 1.00 bits per heavy atom. The molecule has 2 nitrogen and oxygen atoms in total. The van der Waals surface area contributed by atoms with E-state index in [9.17, 15) is 0 Å². The molecule has 3 heteroatoms. The lowest BCUT2D eigenvalue weighted by molar-refractivity contribution is 0.00324. The van der Waals surface area contributed by atoms with Gasteiger partial charge in [-0.2, -0.15) is 0 Å². The first-order chi connectivity index (χ1) is 8.88. The molecule has 0 radical (unpaired) electrons. The summed E-state index contributed by atoms with van der Waals surface area (Å²) in [7, 11) is 0. The van der Waals surface area contributed by atoms with Crippen LogP contribution in [0.15, 0.2) is 30.3 Å². The van der Waals surface area contributed by atoms with Crippen LogP contribution in [-0.2, 0) is 4.74 Å². The van der Waals surface area contributed by atoms with Gasteiger partial charge in [0, 0.05) is 12.5 Å². The first kappa shape index (κ1) is 13.7. The number of rotatable bonds is 6. The van der Waals surface area contributed by atoms with Crippen LogP contribution in [0.5, 0.6) is 5.75 Å². The van der Waals surface area contributed by atoms with Gasteiger partial charge in [0.05, 0.1) is 12.2 Å². The van der Waals surface area contributed by atoms with E-state index in [1.54, 1.807) is 0 Å². The quantitative estimate of drug-likeness (QED) is 0.573. The minimum absolute atomic E-state index is 0.347. The van der Waals surface area contributed by atoms with Crippen LogP contribution >= 0.6 is 11.6 Å². The molecule has 0 N–H and O–H groups in total. The zero-order valence-corrected chi connectivity index (χ0v) is 11.4. The summed E-state index contributed by atoms with van der Waals surface area (Å²) >= 11 is 5.63. The Morgan fingerprint density at radius 2 is 1.67 bits per heavy atom. The molecular formula is C15H21ClO2. The molecule has 0 atom stereocenters. The fourth-order valence-corrected chi connectivity index (χ4v) is 2.42. The van der Waals surface area contributed by atoms with E-state index in [1.807, 2.05) is 30.3 Å². The second-order valence-corrected chi connectivity index (χ2v) is 5.12. The molecule has 0 aliphatic heterocycles. The summed E-state index contributed by atoms with van der Waals surface area (Å²) in [5.41, 5.74) is 0. The van der Waals surface area contributed by atoms with Crippen molar-refractivity contribution in [3.8, 4) is 5.75 Å². The van der Waals surface area contributed by atoms with E-state index in [0.717, 1.165) is 44.5 Å². The van der Waals surface area contributed by atoms with Gasteiger partial charge in [-0.15, -0.1) is 11.6 Å². The molecule has 1 aliphatic rings. The molecule has 2 rings (SSSR count). The lowest BCUT2D eigenvalue weighted by atomic mass is 9.95. The maximum atomic E-state index is 5.95. The van der Waals surface area contributed by atoms with Gasteiger partial charge in [-0.25, -0.2) is 0 Å². The summed E-state index contributed by atoms with van der Waals surface area (Å²) in [5, 5.41) is 0. The molecule has 0 saturated heterocycles. The first-order valence-corrected chi connectivity index (χ1v) is 7.31. The summed E-state index contributed by atoms with van der Waals surface area (Å²) in [6.07, 6.45) is 6.06. The van der Waals surface area contributed by atoms with E-state index in [0.29, 0.717) is 18.1 Å². The van der Waals surface area contributed by atoms with Gasteiger partial charge in [0.15, 0.2) is 0 Å². The van der Waals surface area contributed by atoms with Crippen LogP contribution < -0.4 is 4.74 Å². The third-order valence-electron chi connectivity index (χ3n) is 3.30. The lowest BCUT2D eigenvalue weighted by Crippen LogP contribution is -2.28. The monoisotopic (exact) mass is 268 g/mol. The SMILES string of the molecule is ClCCCOC1CCC(Oc2ccccc2)CC1. The Labute approximate surface area is 114 Å². The highest BCUT2D eigenvalue weighted by Crippen LogP contribution is 2.25. The highest BCUT2D eigenvalue weighted by Gasteiger charge is 2.22. The molecule has 100 valence electrons. The largest absolute Gasteiger partial charge is 0.490 e. The summed E-state index contributed by atoms with van der Waals surface area (Å²) in [5.74, 6) is 1.66. The Hall–Kier alpha value is -0.730. The van der Waals surface area contributed by atoms with E-state index in [-0.39, 0.29) is 0 Å². The van der Waals surface area contributed by atoms with Crippen molar-refractivity contribution in [2.24, 2.45) is 0 Å². The van der Waals surface area contributed by atoms with Gasteiger partial charge in [0.2, 0.25) is 0 Å². The molecule has 0 bridgehead atoms. The third kappa shape index (κ3) is 4.51. The van der Waals surface area contributed by atoms with Crippen molar-refractivity contribution in [3.05, 3.63) is 30.3 Å². The molecule has 1 aromatic carbocycles. The van der Waals surface area contributed by atoms with Gasteiger partial charge >= 0.3 is 0 Å². The molecule has 0 heterocycles. The second-order valence-electron chi connectivity index (χ2n) is 4.74. The second kappa shape index (κ2) is 7.65. The number of ether oxygens (including phenoxy) is 2. The molecule has 0 spiro atoms. The van der Waals surface area contributed by atoms with Crippen LogP contribution in [0.25, 0.3) is 0 Å². The Bertz CT molecular complexity index is 321. The predicted octanol–water partition coefficient (Wildman–Crippen LogP) is 4.02. The molecule has 1 aliphatic carbocycles. The van der Waals surface area contributed by atoms with E-state index in [4.69, 9.17) is 21.1 Å². The topological polar surface area (TPSA) is 18.5 Å². The highest BCUT2D eigenvalue weighted by atomic mass is 35.5. The van der Waals surface area contributed by atoms with Crippen LogP contribution in [0.1, 0.15) is 32.1 Å². The van der Waals surface area contributed by atoms with Crippen LogP contribution in [0, 0.1) is 0 Å². The molecule has 0 aromatic heterocycles. The van der Waals surface area contributed by atoms with E-state index < -0.39 is 0 Å². The summed E-state index contributed by atoms with van der Waals surface area (Å²) < 4.78 is 11.7. The number of benzene rings is 1. The maximum Gasteiger partial charge on any atom is 0.119 e. The van der Waals surface area contributed by atoms with Gasteiger partial charge in [0.1, 0.15) is 5.75 Å². The van der Waals surface area contributed by atoms with Gasteiger partial charge in [-0.1, -0.05) is 18.2 Å². The third-order valence-corrected chi connectivity index (χ3v) is 3.57. The number of para-hydroxylation sites is 1. The standard InChI is InChI=1S/C15H21ClO2/c16-11-4-12-17-13-7-9-15(10-8-13)18-14-5-2-1-3-6-14/h1-3,5-6,13,15H,4,7-12H2. The fourth-order valence-electron chi connectivity index (χ4n) is 2.31.